The van der Waals surface area contributed by atoms with Gasteiger partial charge in [-0.25, -0.2) is 0 Å². The maximum absolute atomic E-state index is 13.5. The minimum atomic E-state index is -0.908. The van der Waals surface area contributed by atoms with Crippen LogP contribution in [0, 0.1) is 0 Å². The third kappa shape index (κ3) is 3.21. The van der Waals surface area contributed by atoms with Crippen molar-refractivity contribution < 1.29 is 24.2 Å². The van der Waals surface area contributed by atoms with Crippen LogP contribution in [-0.4, -0.2) is 21.9 Å². The number of rotatable bonds is 4. The molecule has 0 aliphatic carbocycles. The standard InChI is InChI=1S/C25H16ClNO5/c26-16-8-11-19-15(12-16)13-20(32-19)23(29)21-22(14-6-9-18(28)10-7-14)27(25(31)24(21)30)17-4-2-1-3-5-17/h1-13,22,28,30H. The fourth-order valence-electron chi connectivity index (χ4n) is 3.92. The smallest absolute Gasteiger partial charge is 0.294 e. The number of phenolic OH excluding ortho intramolecular Hbond substituents is 1. The summed E-state index contributed by atoms with van der Waals surface area (Å²) in [6, 6.07) is 20.5. The van der Waals surface area contributed by atoms with Crippen molar-refractivity contribution in [1.29, 1.82) is 0 Å². The molecule has 1 aliphatic heterocycles. The predicted molar refractivity (Wildman–Crippen MR) is 120 cm³/mol. The maximum Gasteiger partial charge on any atom is 0.294 e. The van der Waals surface area contributed by atoms with Crippen molar-refractivity contribution in [3.05, 3.63) is 107 Å². The quantitative estimate of drug-likeness (QED) is 0.400. The first kappa shape index (κ1) is 19.9. The molecule has 7 heteroatoms. The fourth-order valence-corrected chi connectivity index (χ4v) is 4.10. The van der Waals surface area contributed by atoms with E-state index in [0.29, 0.717) is 27.2 Å². The minimum Gasteiger partial charge on any atom is -0.508 e. The Labute approximate surface area is 187 Å². The highest BCUT2D eigenvalue weighted by atomic mass is 35.5. The van der Waals surface area contributed by atoms with Crippen molar-refractivity contribution in [1.82, 2.24) is 0 Å². The van der Waals surface area contributed by atoms with Crippen LogP contribution in [0.5, 0.6) is 5.75 Å². The van der Waals surface area contributed by atoms with Crippen molar-refractivity contribution in [3.63, 3.8) is 0 Å². The Morgan fingerprint density at radius 3 is 2.38 bits per heavy atom. The van der Waals surface area contributed by atoms with E-state index in [2.05, 4.69) is 0 Å². The fraction of sp³-hybridized carbons (Fsp3) is 0.0400. The van der Waals surface area contributed by atoms with E-state index in [1.165, 1.54) is 23.1 Å². The first-order chi connectivity index (χ1) is 15.4. The van der Waals surface area contributed by atoms with E-state index in [0.717, 1.165) is 0 Å². The average molecular weight is 446 g/mol. The van der Waals surface area contributed by atoms with E-state index in [9.17, 15) is 19.8 Å². The zero-order chi connectivity index (χ0) is 22.4. The number of hydrogen-bond acceptors (Lipinski definition) is 5. The zero-order valence-electron chi connectivity index (χ0n) is 16.5. The molecule has 6 nitrogen and oxygen atoms in total. The average Bonchev–Trinajstić information content (AvgIpc) is 3.33. The second-order valence-corrected chi connectivity index (χ2v) is 7.83. The molecule has 3 aromatic carbocycles. The SMILES string of the molecule is O=C(C1=C(O)C(=O)N(c2ccccc2)C1c1ccc(O)cc1)c1cc2cc(Cl)ccc2o1. The summed E-state index contributed by atoms with van der Waals surface area (Å²) < 4.78 is 5.70. The third-order valence-electron chi connectivity index (χ3n) is 5.40. The molecule has 1 atom stereocenters. The number of aromatic hydroxyl groups is 1. The predicted octanol–water partition coefficient (Wildman–Crippen LogP) is 5.57. The molecule has 158 valence electrons. The van der Waals surface area contributed by atoms with Crippen LogP contribution in [0.15, 0.2) is 94.6 Å². The van der Waals surface area contributed by atoms with Crippen LogP contribution in [0.1, 0.15) is 22.2 Å². The summed E-state index contributed by atoms with van der Waals surface area (Å²) >= 11 is 6.03. The van der Waals surface area contributed by atoms with Crippen LogP contribution < -0.4 is 4.90 Å². The van der Waals surface area contributed by atoms with Gasteiger partial charge in [-0.1, -0.05) is 41.9 Å². The summed E-state index contributed by atoms with van der Waals surface area (Å²) in [4.78, 5) is 28.0. The molecule has 0 spiro atoms. The van der Waals surface area contributed by atoms with Crippen molar-refractivity contribution in [2.24, 2.45) is 0 Å². The Balaban J connectivity index is 1.66. The van der Waals surface area contributed by atoms with E-state index in [-0.39, 0.29) is 17.1 Å². The number of ketones is 1. The highest BCUT2D eigenvalue weighted by Crippen LogP contribution is 2.42. The Morgan fingerprint density at radius 2 is 1.66 bits per heavy atom. The number of aliphatic hydroxyl groups excluding tert-OH is 1. The summed E-state index contributed by atoms with van der Waals surface area (Å²) in [6.45, 7) is 0. The number of fused-ring (bicyclic) bond motifs is 1. The monoisotopic (exact) mass is 445 g/mol. The number of nitrogens with zero attached hydrogens (tertiary/aromatic N) is 1. The number of benzene rings is 3. The van der Waals surface area contributed by atoms with E-state index >= 15 is 0 Å². The molecule has 1 amide bonds. The van der Waals surface area contributed by atoms with Gasteiger partial charge in [0.2, 0.25) is 5.78 Å². The van der Waals surface area contributed by atoms with Gasteiger partial charge in [-0.15, -0.1) is 0 Å². The molecular formula is C25H16ClNO5. The van der Waals surface area contributed by atoms with E-state index in [4.69, 9.17) is 16.0 Å². The second-order valence-electron chi connectivity index (χ2n) is 7.39. The van der Waals surface area contributed by atoms with Gasteiger partial charge in [0.05, 0.1) is 11.6 Å². The normalized spacial score (nSPS) is 16.2. The lowest BCUT2D eigenvalue weighted by molar-refractivity contribution is -0.117. The maximum atomic E-state index is 13.5. The molecule has 0 saturated carbocycles. The van der Waals surface area contributed by atoms with Gasteiger partial charge in [-0.05, 0) is 54.1 Å². The van der Waals surface area contributed by atoms with Gasteiger partial charge < -0.3 is 14.6 Å². The number of furan rings is 1. The van der Waals surface area contributed by atoms with E-state index in [1.54, 1.807) is 60.7 Å². The largest absolute Gasteiger partial charge is 0.508 e. The highest BCUT2D eigenvalue weighted by Gasteiger charge is 2.45. The van der Waals surface area contributed by atoms with Crippen LogP contribution in [0.4, 0.5) is 5.69 Å². The number of Topliss-reactive ketones (excluding diaryl/α,β-unsaturated/α-hetero) is 1. The Morgan fingerprint density at radius 1 is 0.938 bits per heavy atom. The number of amides is 1. The summed E-state index contributed by atoms with van der Waals surface area (Å²) in [5.41, 5.74) is 1.42. The second kappa shape index (κ2) is 7.59. The number of carbonyl (C=O) groups is 2. The molecule has 1 aromatic heterocycles. The minimum absolute atomic E-state index is 0.0182. The molecule has 0 bridgehead atoms. The molecule has 0 fully saturated rings. The Bertz CT molecular complexity index is 1390. The van der Waals surface area contributed by atoms with Crippen LogP contribution >= 0.6 is 11.6 Å². The van der Waals surface area contributed by atoms with Crippen molar-refractivity contribution >= 4 is 39.9 Å². The lowest BCUT2D eigenvalue weighted by Gasteiger charge is -2.26. The van der Waals surface area contributed by atoms with E-state index < -0.39 is 23.5 Å². The summed E-state index contributed by atoms with van der Waals surface area (Å²) in [7, 11) is 0. The molecular weight excluding hydrogens is 430 g/mol. The molecule has 0 radical (unpaired) electrons. The number of aliphatic hydroxyl groups is 1. The van der Waals surface area contributed by atoms with Gasteiger partial charge in [0, 0.05) is 16.1 Å². The van der Waals surface area contributed by atoms with Crippen molar-refractivity contribution in [3.8, 4) is 5.75 Å². The molecule has 2 N–H and O–H groups in total. The summed E-state index contributed by atoms with van der Waals surface area (Å²) in [6.07, 6.45) is 0. The lowest BCUT2D eigenvalue weighted by atomic mass is 9.94. The molecule has 5 rings (SSSR count). The van der Waals surface area contributed by atoms with Crippen LogP contribution in [-0.2, 0) is 4.79 Å². The van der Waals surface area contributed by atoms with Crippen molar-refractivity contribution in [2.75, 3.05) is 4.90 Å². The van der Waals surface area contributed by atoms with Gasteiger partial charge in [0.15, 0.2) is 11.5 Å². The summed E-state index contributed by atoms with van der Waals surface area (Å²) in [5.74, 6) is -1.93. The topological polar surface area (TPSA) is 91.0 Å². The Kier molecular flexibility index (Phi) is 4.72. The first-order valence-corrected chi connectivity index (χ1v) is 10.2. The number of phenols is 1. The molecule has 1 unspecified atom stereocenters. The van der Waals surface area contributed by atoms with Crippen LogP contribution in [0.3, 0.4) is 0 Å². The third-order valence-corrected chi connectivity index (χ3v) is 5.63. The number of carbonyl (C=O) groups excluding carboxylic acids is 2. The number of para-hydroxylation sites is 1. The number of hydrogen-bond donors (Lipinski definition) is 2. The van der Waals surface area contributed by atoms with Gasteiger partial charge in [0.25, 0.3) is 5.91 Å². The zero-order valence-corrected chi connectivity index (χ0v) is 17.3. The molecule has 1 aliphatic rings. The number of halogens is 1. The van der Waals surface area contributed by atoms with Gasteiger partial charge in [0.1, 0.15) is 11.3 Å². The molecule has 0 saturated heterocycles. The van der Waals surface area contributed by atoms with E-state index in [1.807, 2.05) is 0 Å². The van der Waals surface area contributed by atoms with Crippen LogP contribution in [0.25, 0.3) is 11.0 Å². The molecule has 2 heterocycles. The lowest BCUT2D eigenvalue weighted by Crippen LogP contribution is -2.30. The highest BCUT2D eigenvalue weighted by molar-refractivity contribution is 6.31. The molecule has 32 heavy (non-hydrogen) atoms. The Hall–Kier alpha value is -4.03. The van der Waals surface area contributed by atoms with Crippen molar-refractivity contribution in [2.45, 2.75) is 6.04 Å². The number of anilines is 1. The van der Waals surface area contributed by atoms with Gasteiger partial charge in [-0.3, -0.25) is 14.5 Å². The first-order valence-electron chi connectivity index (χ1n) is 9.78. The van der Waals surface area contributed by atoms with Crippen LogP contribution in [0.2, 0.25) is 5.02 Å². The summed E-state index contributed by atoms with van der Waals surface area (Å²) in [5, 5.41) is 21.6. The molecule has 4 aromatic rings. The van der Waals surface area contributed by atoms with Gasteiger partial charge in [-0.2, -0.15) is 0 Å². The van der Waals surface area contributed by atoms with Gasteiger partial charge >= 0.3 is 0 Å².